The molecule has 1 aliphatic rings. The minimum Gasteiger partial charge on any atom is -0.480 e. The number of hydrogen-bond acceptors (Lipinski definition) is 3. The van der Waals surface area contributed by atoms with E-state index in [1.54, 1.807) is 0 Å². The summed E-state index contributed by atoms with van der Waals surface area (Å²) in [5.41, 5.74) is 0. The Bertz CT molecular complexity index is 219. The predicted octanol–water partition coefficient (Wildman–Crippen LogP) is 1.69. The van der Waals surface area contributed by atoms with Crippen LogP contribution in [0.4, 0.5) is 0 Å². The molecule has 0 radical (unpaired) electrons. The van der Waals surface area contributed by atoms with Crippen molar-refractivity contribution in [3.05, 3.63) is 0 Å². The fourth-order valence-corrected chi connectivity index (χ4v) is 2.31. The van der Waals surface area contributed by atoms with E-state index >= 15 is 0 Å². The molecule has 0 saturated carbocycles. The number of hydrogen-bond donors (Lipinski definition) is 1. The zero-order chi connectivity index (χ0) is 12.0. The molecule has 0 spiro atoms. The van der Waals surface area contributed by atoms with Gasteiger partial charge in [0.25, 0.3) is 0 Å². The van der Waals surface area contributed by atoms with Crippen molar-refractivity contribution < 1.29 is 9.90 Å². The third-order valence-corrected chi connectivity index (χ3v) is 3.39. The maximum atomic E-state index is 10.6. The van der Waals surface area contributed by atoms with E-state index in [9.17, 15) is 4.79 Å². The number of carboxylic acids is 1. The molecule has 1 heterocycles. The van der Waals surface area contributed by atoms with Crippen LogP contribution in [0.5, 0.6) is 0 Å². The second-order valence-electron chi connectivity index (χ2n) is 4.74. The fourth-order valence-electron chi connectivity index (χ4n) is 2.31. The second-order valence-corrected chi connectivity index (χ2v) is 4.74. The van der Waals surface area contributed by atoms with Crippen LogP contribution in [0.3, 0.4) is 0 Å². The first-order chi connectivity index (χ1) is 7.63. The molecule has 0 aromatic rings. The summed E-state index contributed by atoms with van der Waals surface area (Å²) in [6.45, 7) is 5.82. The average Bonchev–Trinajstić information content (AvgIpc) is 2.26. The summed E-state index contributed by atoms with van der Waals surface area (Å²) in [6, 6.07) is 0.453. The van der Waals surface area contributed by atoms with Gasteiger partial charge in [-0.2, -0.15) is 0 Å². The Morgan fingerprint density at radius 1 is 1.41 bits per heavy atom. The molecule has 0 amide bonds. The smallest absolute Gasteiger partial charge is 0.317 e. The Morgan fingerprint density at radius 2 is 2.00 bits per heavy atom. The highest BCUT2D eigenvalue weighted by Crippen LogP contribution is 2.15. The van der Waals surface area contributed by atoms with Crippen LogP contribution in [-0.2, 0) is 4.79 Å². The molecule has 0 aromatic carbocycles. The van der Waals surface area contributed by atoms with Crippen LogP contribution in [0, 0.1) is 0 Å². The van der Waals surface area contributed by atoms with Crippen molar-refractivity contribution in [2.75, 3.05) is 33.2 Å². The Morgan fingerprint density at radius 3 is 2.47 bits per heavy atom. The first kappa shape index (κ1) is 16.7. The van der Waals surface area contributed by atoms with Gasteiger partial charge in [-0.25, -0.2) is 0 Å². The van der Waals surface area contributed by atoms with Gasteiger partial charge >= 0.3 is 5.97 Å². The molecule has 1 aliphatic heterocycles. The van der Waals surface area contributed by atoms with Crippen molar-refractivity contribution in [1.82, 2.24) is 9.80 Å². The molecule has 1 fully saturated rings. The van der Waals surface area contributed by atoms with Gasteiger partial charge < -0.3 is 10.0 Å². The van der Waals surface area contributed by atoms with E-state index in [2.05, 4.69) is 11.8 Å². The molecule has 0 unspecified atom stereocenters. The highest BCUT2D eigenvalue weighted by Gasteiger charge is 2.22. The molecule has 0 atom stereocenters. The standard InChI is InChI=1S/C12H24N2O2.ClH/c1-3-4-7-14-8-5-11(6-9-14)13(2)10-12(15)16;/h11H,3-10H2,1-2H3,(H,15,16);1H. The van der Waals surface area contributed by atoms with Gasteiger partial charge in [0.1, 0.15) is 0 Å². The summed E-state index contributed by atoms with van der Waals surface area (Å²) in [5.74, 6) is -0.726. The summed E-state index contributed by atoms with van der Waals surface area (Å²) in [5, 5.41) is 8.73. The van der Waals surface area contributed by atoms with Crippen molar-refractivity contribution in [3.63, 3.8) is 0 Å². The number of halogens is 1. The monoisotopic (exact) mass is 264 g/mol. The van der Waals surface area contributed by atoms with Crippen molar-refractivity contribution in [3.8, 4) is 0 Å². The van der Waals surface area contributed by atoms with Crippen LogP contribution in [0.1, 0.15) is 32.6 Å². The summed E-state index contributed by atoms with van der Waals surface area (Å²) in [4.78, 5) is 15.1. The Labute approximate surface area is 110 Å². The molecular formula is C12H25ClN2O2. The number of carboxylic acid groups (broad SMARTS) is 1. The number of nitrogens with zero attached hydrogens (tertiary/aromatic N) is 2. The largest absolute Gasteiger partial charge is 0.480 e. The number of aliphatic carboxylic acids is 1. The number of piperidine rings is 1. The number of carbonyl (C=O) groups is 1. The third-order valence-electron chi connectivity index (χ3n) is 3.39. The van der Waals surface area contributed by atoms with Crippen LogP contribution in [0.25, 0.3) is 0 Å². The molecule has 102 valence electrons. The van der Waals surface area contributed by atoms with Gasteiger partial charge in [-0.05, 0) is 45.9 Å². The van der Waals surface area contributed by atoms with Gasteiger partial charge in [0, 0.05) is 6.04 Å². The molecular weight excluding hydrogens is 240 g/mol. The maximum absolute atomic E-state index is 10.6. The van der Waals surface area contributed by atoms with Crippen molar-refractivity contribution >= 4 is 18.4 Å². The van der Waals surface area contributed by atoms with Crippen molar-refractivity contribution in [1.29, 1.82) is 0 Å². The Kier molecular flexibility index (Phi) is 8.56. The summed E-state index contributed by atoms with van der Waals surface area (Å²) in [6.07, 6.45) is 4.73. The van der Waals surface area contributed by atoms with E-state index in [0.717, 1.165) is 25.9 Å². The minimum absolute atomic E-state index is 0. The summed E-state index contributed by atoms with van der Waals surface area (Å²) < 4.78 is 0. The SMILES string of the molecule is CCCCN1CCC(N(C)CC(=O)O)CC1.Cl. The Hall–Kier alpha value is -0.320. The highest BCUT2D eigenvalue weighted by molar-refractivity contribution is 5.85. The van der Waals surface area contributed by atoms with Gasteiger partial charge in [0.2, 0.25) is 0 Å². The Balaban J connectivity index is 0.00000256. The normalized spacial score (nSPS) is 18.1. The molecule has 0 aliphatic carbocycles. The molecule has 5 heteroatoms. The van der Waals surface area contributed by atoms with Gasteiger partial charge in [-0.3, -0.25) is 9.69 Å². The van der Waals surface area contributed by atoms with Gasteiger partial charge in [0.15, 0.2) is 0 Å². The number of rotatable bonds is 6. The molecule has 1 N–H and O–H groups in total. The zero-order valence-electron chi connectivity index (χ0n) is 10.9. The molecule has 4 nitrogen and oxygen atoms in total. The van der Waals surface area contributed by atoms with Crippen LogP contribution in [0.15, 0.2) is 0 Å². The molecule has 1 saturated heterocycles. The maximum Gasteiger partial charge on any atom is 0.317 e. The number of unbranched alkanes of at least 4 members (excludes halogenated alkanes) is 1. The molecule has 0 bridgehead atoms. The van der Waals surface area contributed by atoms with Crippen LogP contribution < -0.4 is 0 Å². The first-order valence-corrected chi connectivity index (χ1v) is 6.28. The predicted molar refractivity (Wildman–Crippen MR) is 71.9 cm³/mol. The van der Waals surface area contributed by atoms with E-state index in [1.807, 2.05) is 11.9 Å². The quantitative estimate of drug-likeness (QED) is 0.793. The van der Waals surface area contributed by atoms with Crippen LogP contribution >= 0.6 is 12.4 Å². The summed E-state index contributed by atoms with van der Waals surface area (Å²) >= 11 is 0. The average molecular weight is 265 g/mol. The van der Waals surface area contributed by atoms with E-state index in [-0.39, 0.29) is 19.0 Å². The zero-order valence-corrected chi connectivity index (χ0v) is 11.7. The van der Waals surface area contributed by atoms with E-state index in [1.165, 1.54) is 19.4 Å². The molecule has 1 rings (SSSR count). The van der Waals surface area contributed by atoms with Crippen molar-refractivity contribution in [2.45, 2.75) is 38.6 Å². The van der Waals surface area contributed by atoms with Crippen LogP contribution in [0.2, 0.25) is 0 Å². The van der Waals surface area contributed by atoms with E-state index in [0.29, 0.717) is 6.04 Å². The third kappa shape index (κ3) is 6.24. The van der Waals surface area contributed by atoms with Gasteiger partial charge in [-0.1, -0.05) is 13.3 Å². The van der Waals surface area contributed by atoms with Gasteiger partial charge in [0.05, 0.1) is 6.54 Å². The fraction of sp³-hybridized carbons (Fsp3) is 0.917. The lowest BCUT2D eigenvalue weighted by atomic mass is 10.0. The topological polar surface area (TPSA) is 43.8 Å². The lowest BCUT2D eigenvalue weighted by Crippen LogP contribution is -2.45. The van der Waals surface area contributed by atoms with Crippen LogP contribution in [-0.4, -0.2) is 60.1 Å². The first-order valence-electron chi connectivity index (χ1n) is 6.28. The highest BCUT2D eigenvalue weighted by atomic mass is 35.5. The molecule has 0 aromatic heterocycles. The number of likely N-dealkylation sites (tertiary alicyclic amines) is 1. The second kappa shape index (κ2) is 8.72. The van der Waals surface area contributed by atoms with Gasteiger partial charge in [-0.15, -0.1) is 12.4 Å². The lowest BCUT2D eigenvalue weighted by Gasteiger charge is -2.36. The summed E-state index contributed by atoms with van der Waals surface area (Å²) in [7, 11) is 1.92. The van der Waals surface area contributed by atoms with E-state index < -0.39 is 5.97 Å². The van der Waals surface area contributed by atoms with Crippen molar-refractivity contribution in [2.24, 2.45) is 0 Å². The number of likely N-dealkylation sites (N-methyl/N-ethyl adjacent to an activating group) is 1. The lowest BCUT2D eigenvalue weighted by molar-refractivity contribution is -0.138. The minimum atomic E-state index is -0.726. The molecule has 17 heavy (non-hydrogen) atoms. The van der Waals surface area contributed by atoms with E-state index in [4.69, 9.17) is 5.11 Å².